The number of esters is 1. The lowest BCUT2D eigenvalue weighted by Gasteiger charge is -2.37. The molecule has 4 rings (SSSR count). The Morgan fingerprint density at radius 1 is 1.30 bits per heavy atom. The molecule has 2 bridgehead atoms. The number of pyridine rings is 1. The summed E-state index contributed by atoms with van der Waals surface area (Å²) in [4.78, 5) is 25.5. The second-order valence-electron chi connectivity index (χ2n) is 7.58. The number of carbonyl (C=O) groups excluding carboxylic acids is 1. The molecule has 10 heteroatoms. The number of ether oxygens (including phenoxy) is 1. The molecule has 1 aromatic carbocycles. The van der Waals surface area contributed by atoms with Crippen LogP contribution >= 0.6 is 15.9 Å². The maximum atomic E-state index is 13.7. The number of hydrogen-bond acceptors (Lipinski definition) is 6. The van der Waals surface area contributed by atoms with Crippen molar-refractivity contribution in [1.82, 2.24) is 8.87 Å². The van der Waals surface area contributed by atoms with Crippen molar-refractivity contribution in [3.8, 4) is 0 Å². The van der Waals surface area contributed by atoms with Gasteiger partial charge in [0.2, 0.25) is 10.0 Å². The standard InChI is InChI=1S/C20H21BrN2O6S/c1-11-4-3-5-12(8-11)30(27,28)23-16-9-22-15(7-6-14(21)19(22)25)18(23)17(13(16)10-24)20(26)29-2/h3-8,13,16-18,24H,9-10H2,1-2H3/t13-,16-,17+,18+/m0/s1. The summed E-state index contributed by atoms with van der Waals surface area (Å²) in [5, 5.41) is 10.1. The third kappa shape index (κ3) is 3.05. The molecular formula is C20H21BrN2O6S. The molecule has 8 nitrogen and oxygen atoms in total. The third-order valence-electron chi connectivity index (χ3n) is 5.98. The lowest BCUT2D eigenvalue weighted by molar-refractivity contribution is -0.148. The molecule has 0 amide bonds. The van der Waals surface area contributed by atoms with E-state index in [9.17, 15) is 23.1 Å². The van der Waals surface area contributed by atoms with Crippen molar-refractivity contribution >= 4 is 31.9 Å². The van der Waals surface area contributed by atoms with Crippen molar-refractivity contribution in [2.75, 3.05) is 13.7 Å². The van der Waals surface area contributed by atoms with E-state index >= 15 is 0 Å². The van der Waals surface area contributed by atoms with Crippen LogP contribution in [-0.4, -0.2) is 48.1 Å². The zero-order valence-corrected chi connectivity index (χ0v) is 18.8. The Labute approximate surface area is 182 Å². The van der Waals surface area contributed by atoms with Crippen molar-refractivity contribution < 1.29 is 23.1 Å². The Morgan fingerprint density at radius 3 is 2.67 bits per heavy atom. The molecule has 1 aromatic heterocycles. The minimum Gasteiger partial charge on any atom is -0.469 e. The van der Waals surface area contributed by atoms with Crippen molar-refractivity contribution in [3.63, 3.8) is 0 Å². The number of benzene rings is 1. The highest BCUT2D eigenvalue weighted by Crippen LogP contribution is 2.51. The van der Waals surface area contributed by atoms with Crippen LogP contribution in [0.2, 0.25) is 0 Å². The lowest BCUT2D eigenvalue weighted by atomic mass is 9.87. The van der Waals surface area contributed by atoms with Gasteiger partial charge in [-0.2, -0.15) is 4.31 Å². The first-order chi connectivity index (χ1) is 14.2. The molecule has 2 aliphatic rings. The molecule has 1 saturated heterocycles. The number of aliphatic hydroxyl groups excluding tert-OH is 1. The minimum atomic E-state index is -4.02. The number of sulfonamides is 1. The van der Waals surface area contributed by atoms with Crippen LogP contribution in [0.5, 0.6) is 0 Å². The number of rotatable bonds is 4. The summed E-state index contributed by atoms with van der Waals surface area (Å²) < 4.78 is 35.4. The van der Waals surface area contributed by atoms with Gasteiger partial charge in [0.05, 0.1) is 28.4 Å². The van der Waals surface area contributed by atoms with Crippen LogP contribution in [0.15, 0.2) is 50.6 Å². The monoisotopic (exact) mass is 496 g/mol. The first-order valence-electron chi connectivity index (χ1n) is 9.40. The minimum absolute atomic E-state index is 0.0356. The highest BCUT2D eigenvalue weighted by molar-refractivity contribution is 9.10. The average Bonchev–Trinajstić information content (AvgIpc) is 2.98. The number of carbonyl (C=O) groups is 1. The third-order valence-corrected chi connectivity index (χ3v) is 8.49. The van der Waals surface area contributed by atoms with Gasteiger partial charge in [0.1, 0.15) is 0 Å². The van der Waals surface area contributed by atoms with Crippen LogP contribution in [-0.2, 0) is 26.1 Å². The van der Waals surface area contributed by atoms with E-state index in [2.05, 4.69) is 15.9 Å². The topological polar surface area (TPSA) is 106 Å². The predicted molar refractivity (Wildman–Crippen MR) is 111 cm³/mol. The first-order valence-corrected chi connectivity index (χ1v) is 11.6. The van der Waals surface area contributed by atoms with Gasteiger partial charge in [0.25, 0.3) is 5.56 Å². The molecule has 3 heterocycles. The molecule has 0 radical (unpaired) electrons. The molecule has 160 valence electrons. The number of fused-ring (bicyclic) bond motifs is 4. The smallest absolute Gasteiger partial charge is 0.311 e. The van der Waals surface area contributed by atoms with Gasteiger partial charge in [-0.25, -0.2) is 8.42 Å². The summed E-state index contributed by atoms with van der Waals surface area (Å²) in [6.45, 7) is 1.42. The normalized spacial score (nSPS) is 25.7. The fourth-order valence-electron chi connectivity index (χ4n) is 4.66. The Morgan fingerprint density at radius 2 is 2.03 bits per heavy atom. The van der Waals surface area contributed by atoms with Crippen molar-refractivity contribution in [2.24, 2.45) is 11.8 Å². The second-order valence-corrected chi connectivity index (χ2v) is 10.3. The summed E-state index contributed by atoms with van der Waals surface area (Å²) in [6.07, 6.45) is 0. The van der Waals surface area contributed by atoms with E-state index in [-0.39, 0.29) is 17.0 Å². The SMILES string of the molecule is COC(=O)[C@@H]1[C@@H](CO)[C@@H]2Cn3c(ccc(Br)c3=O)[C@H]1N2S(=O)(=O)c1cccc(C)c1. The van der Waals surface area contributed by atoms with Crippen molar-refractivity contribution in [2.45, 2.75) is 30.4 Å². The van der Waals surface area contributed by atoms with E-state index in [1.807, 2.05) is 0 Å². The quantitative estimate of drug-likeness (QED) is 0.642. The Balaban J connectivity index is 1.97. The maximum absolute atomic E-state index is 13.7. The summed E-state index contributed by atoms with van der Waals surface area (Å²) in [5.74, 6) is -2.26. The average molecular weight is 497 g/mol. The van der Waals surface area contributed by atoms with Crippen LogP contribution in [0.1, 0.15) is 17.3 Å². The zero-order chi connectivity index (χ0) is 21.8. The summed E-state index contributed by atoms with van der Waals surface area (Å²) in [6, 6.07) is 7.99. The Hall–Kier alpha value is -2.01. The van der Waals surface area contributed by atoms with Gasteiger partial charge in [-0.1, -0.05) is 12.1 Å². The van der Waals surface area contributed by atoms with Gasteiger partial charge in [0, 0.05) is 30.8 Å². The second kappa shape index (κ2) is 7.60. The highest BCUT2D eigenvalue weighted by Gasteiger charge is 2.60. The Bertz CT molecular complexity index is 1180. The summed E-state index contributed by atoms with van der Waals surface area (Å²) in [5.41, 5.74) is 0.878. The predicted octanol–water partition coefficient (Wildman–Crippen LogP) is 1.44. The number of aryl methyl sites for hydroxylation is 1. The van der Waals surface area contributed by atoms with Gasteiger partial charge in [-0.3, -0.25) is 9.59 Å². The molecule has 2 aromatic rings. The molecule has 4 atom stereocenters. The molecular weight excluding hydrogens is 476 g/mol. The van der Waals surface area contributed by atoms with E-state index in [1.54, 1.807) is 37.3 Å². The van der Waals surface area contributed by atoms with E-state index < -0.39 is 46.5 Å². The summed E-state index contributed by atoms with van der Waals surface area (Å²) in [7, 11) is -2.79. The number of methoxy groups -OCH3 is 1. The van der Waals surface area contributed by atoms with E-state index in [1.165, 1.54) is 22.0 Å². The molecule has 1 N–H and O–H groups in total. The van der Waals surface area contributed by atoms with Gasteiger partial charge in [0.15, 0.2) is 0 Å². The van der Waals surface area contributed by atoms with Crippen molar-refractivity contribution in [1.29, 1.82) is 0 Å². The molecule has 2 aliphatic heterocycles. The molecule has 0 unspecified atom stereocenters. The first kappa shape index (κ1) is 21.2. The van der Waals surface area contributed by atoms with Gasteiger partial charge in [-0.05, 0) is 52.7 Å². The zero-order valence-electron chi connectivity index (χ0n) is 16.4. The van der Waals surface area contributed by atoms with Crippen LogP contribution in [0, 0.1) is 18.8 Å². The number of aromatic nitrogens is 1. The van der Waals surface area contributed by atoms with E-state index in [0.29, 0.717) is 10.2 Å². The van der Waals surface area contributed by atoms with Gasteiger partial charge >= 0.3 is 5.97 Å². The maximum Gasteiger partial charge on any atom is 0.311 e. The number of hydrogen-bond donors (Lipinski definition) is 1. The molecule has 1 fully saturated rings. The van der Waals surface area contributed by atoms with Crippen LogP contribution in [0.25, 0.3) is 0 Å². The van der Waals surface area contributed by atoms with Crippen LogP contribution < -0.4 is 5.56 Å². The lowest BCUT2D eigenvalue weighted by Crippen LogP contribution is -2.49. The largest absolute Gasteiger partial charge is 0.469 e. The number of halogens is 1. The highest BCUT2D eigenvalue weighted by atomic mass is 79.9. The van der Waals surface area contributed by atoms with Gasteiger partial charge < -0.3 is 14.4 Å². The number of nitrogens with zero attached hydrogens (tertiary/aromatic N) is 2. The van der Waals surface area contributed by atoms with Crippen molar-refractivity contribution in [3.05, 3.63) is 62.5 Å². The van der Waals surface area contributed by atoms with E-state index in [0.717, 1.165) is 5.56 Å². The van der Waals surface area contributed by atoms with Crippen LogP contribution in [0.4, 0.5) is 0 Å². The molecule has 30 heavy (non-hydrogen) atoms. The van der Waals surface area contributed by atoms with Crippen LogP contribution in [0.3, 0.4) is 0 Å². The summed E-state index contributed by atoms with van der Waals surface area (Å²) >= 11 is 3.22. The molecule has 0 saturated carbocycles. The molecule has 0 spiro atoms. The molecule has 0 aliphatic carbocycles. The van der Waals surface area contributed by atoms with E-state index in [4.69, 9.17) is 4.74 Å². The Kier molecular flexibility index (Phi) is 5.38. The number of aliphatic hydroxyl groups is 1. The fraction of sp³-hybridized carbons (Fsp3) is 0.400. The van der Waals surface area contributed by atoms with Gasteiger partial charge in [-0.15, -0.1) is 0 Å². The fourth-order valence-corrected chi connectivity index (χ4v) is 6.95.